The molecule has 36 heavy (non-hydrogen) atoms. The lowest BCUT2D eigenvalue weighted by molar-refractivity contribution is 0.0999. The number of benzene rings is 1. The van der Waals surface area contributed by atoms with E-state index < -0.39 is 23.5 Å². The van der Waals surface area contributed by atoms with Crippen LogP contribution in [0.15, 0.2) is 53.6 Å². The summed E-state index contributed by atoms with van der Waals surface area (Å²) in [6.07, 6.45) is 2.97. The van der Waals surface area contributed by atoms with Crippen LogP contribution in [0, 0.1) is 23.5 Å². The van der Waals surface area contributed by atoms with Gasteiger partial charge in [0.1, 0.15) is 17.5 Å². The fraction of sp³-hybridized carbons (Fsp3) is 0.296. The number of pyridine rings is 2. The monoisotopic (exact) mass is 493 g/mol. The molecule has 3 rings (SSSR count). The number of hydrogen-bond donors (Lipinski definition) is 1. The van der Waals surface area contributed by atoms with Crippen LogP contribution in [0.2, 0.25) is 0 Å². The Labute approximate surface area is 209 Å². The van der Waals surface area contributed by atoms with Crippen LogP contribution in [0.5, 0.6) is 0 Å². The maximum Gasteiger partial charge on any atom is 0.254 e. The fourth-order valence-corrected chi connectivity index (χ4v) is 3.72. The van der Waals surface area contributed by atoms with Crippen molar-refractivity contribution < 1.29 is 13.6 Å². The van der Waals surface area contributed by atoms with E-state index in [9.17, 15) is 18.4 Å². The number of nitrogens with two attached hydrogens (primary N) is 1. The molecule has 1 unspecified atom stereocenters. The summed E-state index contributed by atoms with van der Waals surface area (Å²) in [5.74, 6) is 3.74. The van der Waals surface area contributed by atoms with Crippen LogP contribution in [0.1, 0.15) is 39.4 Å². The van der Waals surface area contributed by atoms with Crippen molar-refractivity contribution in [3.8, 4) is 11.8 Å². The number of primary amides is 1. The number of hydrogen-bond acceptors (Lipinski definition) is 5. The number of aryl methyl sites for hydroxylation is 1. The standard InChI is InChI=1S/C27H29F2N5O2/c1-32(2)13-14-33(3)25-15-18(23(17-31-25)26(30)35)7-5-8-20(21-9-6-12-34(4)27(21)36)22-16-19(28)10-11-24(22)29/h6,9-12,15-17,20H,8,13-14H2,1-4H3,(H2,30,35). The average Bonchev–Trinajstić information content (AvgIpc) is 2.83. The van der Waals surface area contributed by atoms with Crippen LogP contribution in [-0.4, -0.2) is 54.6 Å². The molecule has 7 nitrogen and oxygen atoms in total. The molecule has 2 aromatic heterocycles. The van der Waals surface area contributed by atoms with Crippen molar-refractivity contribution in [1.82, 2.24) is 14.5 Å². The van der Waals surface area contributed by atoms with Gasteiger partial charge in [-0.05, 0) is 50.0 Å². The van der Waals surface area contributed by atoms with Gasteiger partial charge in [-0.1, -0.05) is 17.9 Å². The summed E-state index contributed by atoms with van der Waals surface area (Å²) >= 11 is 0. The van der Waals surface area contributed by atoms with Crippen LogP contribution in [0.25, 0.3) is 0 Å². The number of anilines is 1. The lowest BCUT2D eigenvalue weighted by Crippen LogP contribution is -2.29. The zero-order chi connectivity index (χ0) is 26.4. The molecule has 2 heterocycles. The summed E-state index contributed by atoms with van der Waals surface area (Å²) in [5, 5.41) is 0. The van der Waals surface area contributed by atoms with Crippen LogP contribution < -0.4 is 16.2 Å². The second-order valence-corrected chi connectivity index (χ2v) is 8.78. The van der Waals surface area contributed by atoms with E-state index in [1.54, 1.807) is 31.4 Å². The molecule has 0 radical (unpaired) electrons. The van der Waals surface area contributed by atoms with E-state index in [0.717, 1.165) is 24.7 Å². The molecule has 0 aliphatic heterocycles. The van der Waals surface area contributed by atoms with E-state index in [0.29, 0.717) is 17.9 Å². The van der Waals surface area contributed by atoms with Gasteiger partial charge in [-0.3, -0.25) is 9.59 Å². The zero-order valence-electron chi connectivity index (χ0n) is 20.8. The molecule has 1 atom stereocenters. The highest BCUT2D eigenvalue weighted by atomic mass is 19.1. The highest BCUT2D eigenvalue weighted by Gasteiger charge is 2.21. The number of amides is 1. The van der Waals surface area contributed by atoms with Gasteiger partial charge in [0.25, 0.3) is 11.5 Å². The number of carbonyl (C=O) groups is 1. The van der Waals surface area contributed by atoms with E-state index in [1.807, 2.05) is 30.9 Å². The Bertz CT molecular complexity index is 1370. The third-order valence-electron chi connectivity index (χ3n) is 5.82. The first kappa shape index (κ1) is 26.6. The van der Waals surface area contributed by atoms with E-state index in [1.165, 1.54) is 10.8 Å². The zero-order valence-corrected chi connectivity index (χ0v) is 20.8. The normalized spacial score (nSPS) is 11.6. The van der Waals surface area contributed by atoms with Gasteiger partial charge in [0.15, 0.2) is 0 Å². The molecule has 0 aliphatic carbocycles. The Morgan fingerprint density at radius 1 is 1.14 bits per heavy atom. The van der Waals surface area contributed by atoms with Gasteiger partial charge < -0.3 is 20.1 Å². The minimum absolute atomic E-state index is 0.00591. The molecule has 0 saturated carbocycles. The molecule has 9 heteroatoms. The van der Waals surface area contributed by atoms with Crippen molar-refractivity contribution in [3.63, 3.8) is 0 Å². The van der Waals surface area contributed by atoms with E-state index >= 15 is 0 Å². The minimum Gasteiger partial charge on any atom is -0.366 e. The molecule has 2 N–H and O–H groups in total. The Hall–Kier alpha value is -4.03. The Morgan fingerprint density at radius 2 is 1.89 bits per heavy atom. The van der Waals surface area contributed by atoms with Crippen molar-refractivity contribution >= 4 is 11.7 Å². The molecule has 1 amide bonds. The molecule has 0 bridgehead atoms. The van der Waals surface area contributed by atoms with E-state index in [-0.39, 0.29) is 28.7 Å². The van der Waals surface area contributed by atoms with Crippen LogP contribution in [-0.2, 0) is 7.05 Å². The SMILES string of the molecule is CN(C)CCN(C)c1cc(C#CCC(c2cc(F)ccc2F)c2cccn(C)c2=O)c(C(N)=O)cn1. The first-order chi connectivity index (χ1) is 17.1. The smallest absolute Gasteiger partial charge is 0.254 e. The van der Waals surface area contributed by atoms with Crippen molar-refractivity contribution in [1.29, 1.82) is 0 Å². The van der Waals surface area contributed by atoms with Crippen molar-refractivity contribution in [2.45, 2.75) is 12.3 Å². The Morgan fingerprint density at radius 3 is 2.58 bits per heavy atom. The lowest BCUT2D eigenvalue weighted by atomic mass is 9.88. The first-order valence-electron chi connectivity index (χ1n) is 11.3. The molecule has 0 fully saturated rings. The van der Waals surface area contributed by atoms with Gasteiger partial charge in [0.2, 0.25) is 0 Å². The fourth-order valence-electron chi connectivity index (χ4n) is 3.72. The molecule has 0 spiro atoms. The lowest BCUT2D eigenvalue weighted by Gasteiger charge is -2.21. The van der Waals surface area contributed by atoms with Gasteiger partial charge in [0, 0.05) is 63.0 Å². The molecule has 3 aromatic rings. The topological polar surface area (TPSA) is 84.5 Å². The number of halogens is 2. The predicted molar refractivity (Wildman–Crippen MR) is 136 cm³/mol. The number of likely N-dealkylation sites (N-methyl/N-ethyl adjacent to an activating group) is 2. The van der Waals surface area contributed by atoms with Crippen LogP contribution >= 0.6 is 0 Å². The summed E-state index contributed by atoms with van der Waals surface area (Å²) in [5.41, 5.74) is 6.02. The quantitative estimate of drug-likeness (QED) is 0.488. The third-order valence-corrected chi connectivity index (χ3v) is 5.82. The van der Waals surface area contributed by atoms with Crippen molar-refractivity contribution in [3.05, 3.63) is 93.0 Å². The van der Waals surface area contributed by atoms with Gasteiger partial charge in [-0.15, -0.1) is 0 Å². The number of rotatable bonds is 8. The number of carbonyl (C=O) groups excluding carboxylic acids is 1. The highest BCUT2D eigenvalue weighted by molar-refractivity contribution is 5.95. The maximum atomic E-state index is 14.7. The summed E-state index contributed by atoms with van der Waals surface area (Å²) in [6, 6.07) is 8.04. The van der Waals surface area contributed by atoms with E-state index in [4.69, 9.17) is 5.73 Å². The molecular weight excluding hydrogens is 464 g/mol. The molecule has 1 aromatic carbocycles. The molecular formula is C27H29F2N5O2. The van der Waals surface area contributed by atoms with Crippen molar-refractivity contribution in [2.24, 2.45) is 12.8 Å². The van der Waals surface area contributed by atoms with Gasteiger partial charge in [0.05, 0.1) is 5.56 Å². The van der Waals surface area contributed by atoms with Gasteiger partial charge in [-0.25, -0.2) is 13.8 Å². The Balaban J connectivity index is 2.02. The van der Waals surface area contributed by atoms with Gasteiger partial charge in [-0.2, -0.15) is 0 Å². The third kappa shape index (κ3) is 6.34. The second kappa shape index (κ2) is 11.6. The minimum atomic E-state index is -0.825. The largest absolute Gasteiger partial charge is 0.366 e. The number of aromatic nitrogens is 2. The average molecular weight is 494 g/mol. The summed E-state index contributed by atoms with van der Waals surface area (Å²) < 4.78 is 30.1. The Kier molecular flexibility index (Phi) is 8.56. The summed E-state index contributed by atoms with van der Waals surface area (Å²) in [6.45, 7) is 1.49. The number of nitrogens with zero attached hydrogens (tertiary/aromatic N) is 4. The van der Waals surface area contributed by atoms with Crippen LogP contribution in [0.3, 0.4) is 0 Å². The maximum absolute atomic E-state index is 14.7. The van der Waals surface area contributed by atoms with Crippen molar-refractivity contribution in [2.75, 3.05) is 39.1 Å². The molecule has 0 saturated heterocycles. The molecule has 188 valence electrons. The van der Waals surface area contributed by atoms with Crippen LogP contribution in [0.4, 0.5) is 14.6 Å². The second-order valence-electron chi connectivity index (χ2n) is 8.78. The van der Waals surface area contributed by atoms with E-state index in [2.05, 4.69) is 16.8 Å². The molecule has 0 aliphatic rings. The summed E-state index contributed by atoms with van der Waals surface area (Å²) in [7, 11) is 7.39. The highest BCUT2D eigenvalue weighted by Crippen LogP contribution is 2.28. The first-order valence-corrected chi connectivity index (χ1v) is 11.3. The summed E-state index contributed by atoms with van der Waals surface area (Å²) in [4.78, 5) is 33.1. The van der Waals surface area contributed by atoms with Gasteiger partial charge >= 0.3 is 0 Å². The predicted octanol–water partition coefficient (Wildman–Crippen LogP) is 2.73.